The summed E-state index contributed by atoms with van der Waals surface area (Å²) in [5.41, 5.74) is 6.36. The summed E-state index contributed by atoms with van der Waals surface area (Å²) >= 11 is 0. The minimum Gasteiger partial charge on any atom is -0.374 e. The average Bonchev–Trinajstić information content (AvgIpc) is 2.63. The Bertz CT molecular complexity index is 777. The van der Waals surface area contributed by atoms with Gasteiger partial charge in [-0.3, -0.25) is 4.98 Å². The lowest BCUT2D eigenvalue weighted by Crippen LogP contribution is -2.25. The van der Waals surface area contributed by atoms with E-state index < -0.39 is 0 Å². The fourth-order valence-corrected chi connectivity index (χ4v) is 3.13. The number of rotatable bonds is 6. The van der Waals surface area contributed by atoms with E-state index in [2.05, 4.69) is 91.4 Å². The Morgan fingerprint density at radius 3 is 2.08 bits per heavy atom. The zero-order chi connectivity index (χ0) is 17.6. The first-order valence-corrected chi connectivity index (χ1v) is 8.86. The maximum absolute atomic E-state index is 4.53. The highest BCUT2D eigenvalue weighted by atomic mass is 15.1. The number of hydrogen-bond acceptors (Lipinski definition) is 2. The van der Waals surface area contributed by atoms with Crippen LogP contribution in [0.3, 0.4) is 0 Å². The molecule has 0 radical (unpaired) electrons. The fourth-order valence-electron chi connectivity index (χ4n) is 3.13. The minimum atomic E-state index is 0.404. The van der Waals surface area contributed by atoms with Crippen molar-refractivity contribution in [3.05, 3.63) is 95.3 Å². The van der Waals surface area contributed by atoms with Gasteiger partial charge in [-0.15, -0.1) is 0 Å². The van der Waals surface area contributed by atoms with Crippen LogP contribution in [0.4, 0.5) is 5.69 Å². The molecule has 0 saturated carbocycles. The van der Waals surface area contributed by atoms with Crippen molar-refractivity contribution in [3.8, 4) is 0 Å². The van der Waals surface area contributed by atoms with E-state index in [0.717, 1.165) is 18.7 Å². The van der Waals surface area contributed by atoms with Gasteiger partial charge in [0.15, 0.2) is 0 Å². The molecule has 0 fully saturated rings. The van der Waals surface area contributed by atoms with Gasteiger partial charge in [-0.2, -0.15) is 0 Å². The smallest absolute Gasteiger partial charge is 0.0410 e. The molecule has 2 aromatic carbocycles. The van der Waals surface area contributed by atoms with Crippen molar-refractivity contribution in [3.63, 3.8) is 0 Å². The van der Waals surface area contributed by atoms with Crippen molar-refractivity contribution in [2.75, 3.05) is 18.5 Å². The lowest BCUT2D eigenvalue weighted by molar-refractivity contribution is 0.658. The zero-order valence-corrected chi connectivity index (χ0v) is 15.3. The fraction of sp³-hybridized carbons (Fsp3) is 0.261. The number of benzene rings is 2. The largest absolute Gasteiger partial charge is 0.374 e. The molecule has 0 aliphatic rings. The predicted octanol–water partition coefficient (Wildman–Crippen LogP) is 5.16. The van der Waals surface area contributed by atoms with Gasteiger partial charge in [-0.1, -0.05) is 53.6 Å². The van der Waals surface area contributed by atoms with E-state index in [-0.39, 0.29) is 0 Å². The Balaban J connectivity index is 1.82. The number of anilines is 1. The third kappa shape index (κ3) is 4.69. The molecule has 0 bridgehead atoms. The molecule has 2 heteroatoms. The van der Waals surface area contributed by atoms with Crippen LogP contribution in [0.2, 0.25) is 0 Å². The van der Waals surface area contributed by atoms with Gasteiger partial charge in [-0.05, 0) is 50.1 Å². The van der Waals surface area contributed by atoms with E-state index in [1.165, 1.54) is 22.4 Å². The lowest BCUT2D eigenvalue weighted by atomic mass is 9.92. The first-order valence-electron chi connectivity index (χ1n) is 8.86. The van der Waals surface area contributed by atoms with Gasteiger partial charge in [0, 0.05) is 37.1 Å². The molecular weight excluding hydrogens is 304 g/mol. The third-order valence-electron chi connectivity index (χ3n) is 4.70. The topological polar surface area (TPSA) is 16.1 Å². The van der Waals surface area contributed by atoms with E-state index in [9.17, 15) is 0 Å². The van der Waals surface area contributed by atoms with Gasteiger partial charge in [0.25, 0.3) is 0 Å². The molecule has 0 saturated heterocycles. The molecule has 1 unspecified atom stereocenters. The van der Waals surface area contributed by atoms with Gasteiger partial charge in [-0.25, -0.2) is 0 Å². The molecule has 1 heterocycles. The van der Waals surface area contributed by atoms with E-state index in [1.807, 2.05) is 12.3 Å². The highest BCUT2D eigenvalue weighted by molar-refractivity contribution is 5.47. The molecule has 3 aromatic rings. The SMILES string of the molecule is Cc1ccc(C(Cc2ccccn2)CN(C)c2ccc(C)cc2)cc1. The van der Waals surface area contributed by atoms with Crippen molar-refractivity contribution >= 4 is 5.69 Å². The number of nitrogens with zero attached hydrogens (tertiary/aromatic N) is 2. The summed E-state index contributed by atoms with van der Waals surface area (Å²) in [5.74, 6) is 0.404. The van der Waals surface area contributed by atoms with Crippen LogP contribution in [0.5, 0.6) is 0 Å². The molecule has 128 valence electrons. The number of pyridine rings is 1. The molecule has 0 aliphatic carbocycles. The van der Waals surface area contributed by atoms with Gasteiger partial charge in [0.1, 0.15) is 0 Å². The Labute approximate surface area is 151 Å². The Morgan fingerprint density at radius 2 is 1.48 bits per heavy atom. The van der Waals surface area contributed by atoms with Crippen LogP contribution in [0.1, 0.15) is 28.3 Å². The summed E-state index contributed by atoms with van der Waals surface area (Å²) in [5, 5.41) is 0. The predicted molar refractivity (Wildman–Crippen MR) is 106 cm³/mol. The van der Waals surface area contributed by atoms with Gasteiger partial charge >= 0.3 is 0 Å². The minimum absolute atomic E-state index is 0.404. The Hall–Kier alpha value is -2.61. The Morgan fingerprint density at radius 1 is 0.840 bits per heavy atom. The molecule has 3 rings (SSSR count). The van der Waals surface area contributed by atoms with Gasteiger partial charge in [0.2, 0.25) is 0 Å². The average molecular weight is 330 g/mol. The Kier molecular flexibility index (Phi) is 5.49. The molecule has 2 nitrogen and oxygen atoms in total. The number of aryl methyl sites for hydroxylation is 2. The van der Waals surface area contributed by atoms with Crippen molar-refractivity contribution in [1.29, 1.82) is 0 Å². The maximum atomic E-state index is 4.53. The van der Waals surface area contributed by atoms with Crippen molar-refractivity contribution < 1.29 is 0 Å². The van der Waals surface area contributed by atoms with Crippen LogP contribution in [-0.2, 0) is 6.42 Å². The second-order valence-electron chi connectivity index (χ2n) is 6.85. The quantitative estimate of drug-likeness (QED) is 0.620. The van der Waals surface area contributed by atoms with Crippen LogP contribution < -0.4 is 4.90 Å². The van der Waals surface area contributed by atoms with Crippen molar-refractivity contribution in [1.82, 2.24) is 4.98 Å². The second-order valence-corrected chi connectivity index (χ2v) is 6.85. The summed E-state index contributed by atoms with van der Waals surface area (Å²) in [4.78, 5) is 6.87. The van der Waals surface area contributed by atoms with E-state index in [1.54, 1.807) is 0 Å². The van der Waals surface area contributed by atoms with Crippen LogP contribution >= 0.6 is 0 Å². The van der Waals surface area contributed by atoms with Crippen LogP contribution in [-0.4, -0.2) is 18.6 Å². The van der Waals surface area contributed by atoms with Gasteiger partial charge in [0.05, 0.1) is 0 Å². The number of likely N-dealkylation sites (N-methyl/N-ethyl adjacent to an activating group) is 1. The summed E-state index contributed by atoms with van der Waals surface area (Å²) in [7, 11) is 2.17. The first kappa shape index (κ1) is 17.2. The molecule has 0 amide bonds. The number of aromatic nitrogens is 1. The van der Waals surface area contributed by atoms with Crippen LogP contribution in [0.15, 0.2) is 72.9 Å². The summed E-state index contributed by atoms with van der Waals surface area (Å²) in [6.07, 6.45) is 2.82. The van der Waals surface area contributed by atoms with Crippen LogP contribution in [0.25, 0.3) is 0 Å². The molecular formula is C23H26N2. The summed E-state index contributed by atoms with van der Waals surface area (Å²) in [6.45, 7) is 5.22. The second kappa shape index (κ2) is 7.98. The van der Waals surface area contributed by atoms with E-state index in [0.29, 0.717) is 5.92 Å². The third-order valence-corrected chi connectivity index (χ3v) is 4.70. The molecule has 0 aliphatic heterocycles. The van der Waals surface area contributed by atoms with E-state index >= 15 is 0 Å². The lowest BCUT2D eigenvalue weighted by Gasteiger charge is -2.26. The van der Waals surface area contributed by atoms with E-state index in [4.69, 9.17) is 0 Å². The maximum Gasteiger partial charge on any atom is 0.0410 e. The number of hydrogen-bond donors (Lipinski definition) is 0. The molecule has 1 aromatic heterocycles. The van der Waals surface area contributed by atoms with Crippen LogP contribution in [0, 0.1) is 13.8 Å². The molecule has 0 spiro atoms. The monoisotopic (exact) mass is 330 g/mol. The van der Waals surface area contributed by atoms with Gasteiger partial charge < -0.3 is 4.90 Å². The first-order chi connectivity index (χ1) is 12.1. The highest BCUT2D eigenvalue weighted by Gasteiger charge is 2.16. The standard InChI is InChI=1S/C23H26N2/c1-18-7-11-20(12-8-18)21(16-22-6-4-5-15-24-22)17-25(3)23-13-9-19(2)10-14-23/h4-15,21H,16-17H2,1-3H3. The molecule has 1 atom stereocenters. The molecule has 25 heavy (non-hydrogen) atoms. The highest BCUT2D eigenvalue weighted by Crippen LogP contribution is 2.24. The normalized spacial score (nSPS) is 12.0. The van der Waals surface area contributed by atoms with Crippen molar-refractivity contribution in [2.24, 2.45) is 0 Å². The molecule has 0 N–H and O–H groups in total. The zero-order valence-electron chi connectivity index (χ0n) is 15.3. The summed E-state index contributed by atoms with van der Waals surface area (Å²) < 4.78 is 0. The van der Waals surface area contributed by atoms with Crippen molar-refractivity contribution in [2.45, 2.75) is 26.2 Å². The summed E-state index contributed by atoms with van der Waals surface area (Å²) in [6, 6.07) is 23.8.